The van der Waals surface area contributed by atoms with Crippen LogP contribution in [0.3, 0.4) is 0 Å². The van der Waals surface area contributed by atoms with Gasteiger partial charge in [-0.1, -0.05) is 13.0 Å². The van der Waals surface area contributed by atoms with E-state index in [1.807, 2.05) is 0 Å². The maximum absolute atomic E-state index is 5.51. The van der Waals surface area contributed by atoms with Crippen LogP contribution in [0.25, 0.3) is 0 Å². The summed E-state index contributed by atoms with van der Waals surface area (Å²) in [7, 11) is 3.97. The molecule has 0 saturated heterocycles. The molecule has 1 rings (SSSR count). The molecule has 0 bridgehead atoms. The molecule has 0 amide bonds. The van der Waals surface area contributed by atoms with Crippen molar-refractivity contribution in [2.75, 3.05) is 27.2 Å². The average Bonchev–Trinajstić information content (AvgIpc) is 2.72. The van der Waals surface area contributed by atoms with E-state index in [4.69, 9.17) is 4.74 Å². The second-order valence-electron chi connectivity index (χ2n) is 3.83. The van der Waals surface area contributed by atoms with Gasteiger partial charge in [0.15, 0.2) is 0 Å². The number of hydrogen-bond acceptors (Lipinski definition) is 3. The standard InChI is InChI=1S/C12H21NOS/c1-4-8-13(2)9-7-11(14-3)12-6-5-10-15-12/h5-6,10-11H,4,7-9H2,1-3H3/t11-/m0/s1. The second-order valence-corrected chi connectivity index (χ2v) is 4.81. The van der Waals surface area contributed by atoms with E-state index < -0.39 is 0 Å². The van der Waals surface area contributed by atoms with Crippen molar-refractivity contribution in [3.8, 4) is 0 Å². The van der Waals surface area contributed by atoms with Gasteiger partial charge >= 0.3 is 0 Å². The van der Waals surface area contributed by atoms with Gasteiger partial charge in [-0.2, -0.15) is 0 Å². The summed E-state index contributed by atoms with van der Waals surface area (Å²) in [5.41, 5.74) is 0. The summed E-state index contributed by atoms with van der Waals surface area (Å²) in [6, 6.07) is 4.24. The van der Waals surface area contributed by atoms with Crippen LogP contribution >= 0.6 is 11.3 Å². The molecule has 1 heterocycles. The Labute approximate surface area is 96.9 Å². The largest absolute Gasteiger partial charge is 0.376 e. The van der Waals surface area contributed by atoms with E-state index in [1.165, 1.54) is 17.8 Å². The second kappa shape index (κ2) is 6.99. The van der Waals surface area contributed by atoms with Crippen molar-refractivity contribution in [2.45, 2.75) is 25.9 Å². The normalized spacial score (nSPS) is 13.3. The Morgan fingerprint density at radius 1 is 1.47 bits per heavy atom. The van der Waals surface area contributed by atoms with Gasteiger partial charge in [-0.25, -0.2) is 0 Å². The van der Waals surface area contributed by atoms with E-state index in [9.17, 15) is 0 Å². The van der Waals surface area contributed by atoms with E-state index in [2.05, 4.69) is 36.4 Å². The molecule has 1 aromatic heterocycles. The monoisotopic (exact) mass is 227 g/mol. The third-order valence-corrected chi connectivity index (χ3v) is 3.49. The molecule has 86 valence electrons. The first-order valence-electron chi connectivity index (χ1n) is 5.52. The Balaban J connectivity index is 2.35. The Morgan fingerprint density at radius 3 is 2.80 bits per heavy atom. The highest BCUT2D eigenvalue weighted by Gasteiger charge is 2.11. The third-order valence-electron chi connectivity index (χ3n) is 2.52. The maximum Gasteiger partial charge on any atom is 0.0925 e. The summed E-state index contributed by atoms with van der Waals surface area (Å²) in [4.78, 5) is 3.70. The molecule has 0 N–H and O–H groups in total. The Kier molecular flexibility index (Phi) is 5.91. The molecular weight excluding hydrogens is 206 g/mol. The maximum atomic E-state index is 5.51. The van der Waals surface area contributed by atoms with Crippen molar-refractivity contribution in [3.05, 3.63) is 22.4 Å². The first kappa shape index (κ1) is 12.7. The van der Waals surface area contributed by atoms with Crippen LogP contribution in [0.15, 0.2) is 17.5 Å². The van der Waals surface area contributed by atoms with Gasteiger partial charge < -0.3 is 9.64 Å². The molecule has 0 radical (unpaired) electrons. The van der Waals surface area contributed by atoms with E-state index in [-0.39, 0.29) is 6.10 Å². The van der Waals surface area contributed by atoms with Gasteiger partial charge in [-0.3, -0.25) is 0 Å². The van der Waals surface area contributed by atoms with Gasteiger partial charge in [-0.05, 0) is 37.9 Å². The fourth-order valence-electron chi connectivity index (χ4n) is 1.68. The van der Waals surface area contributed by atoms with Gasteiger partial charge in [-0.15, -0.1) is 11.3 Å². The molecule has 15 heavy (non-hydrogen) atoms. The van der Waals surface area contributed by atoms with Crippen LogP contribution in [0, 0.1) is 0 Å². The van der Waals surface area contributed by atoms with Crippen molar-refractivity contribution in [3.63, 3.8) is 0 Å². The zero-order chi connectivity index (χ0) is 11.1. The smallest absolute Gasteiger partial charge is 0.0925 e. The lowest BCUT2D eigenvalue weighted by Crippen LogP contribution is -2.22. The molecule has 0 aromatic carbocycles. The highest BCUT2D eigenvalue weighted by molar-refractivity contribution is 7.10. The third kappa shape index (κ3) is 4.33. The fourth-order valence-corrected chi connectivity index (χ4v) is 2.52. The number of ether oxygens (including phenoxy) is 1. The van der Waals surface area contributed by atoms with E-state index in [0.29, 0.717) is 0 Å². The molecule has 0 aliphatic rings. The zero-order valence-electron chi connectivity index (χ0n) is 9.90. The van der Waals surface area contributed by atoms with Gasteiger partial charge in [0.05, 0.1) is 6.10 Å². The summed E-state index contributed by atoms with van der Waals surface area (Å²) in [6.45, 7) is 4.48. The molecular formula is C12H21NOS. The molecule has 0 aliphatic carbocycles. The van der Waals surface area contributed by atoms with Gasteiger partial charge in [0.2, 0.25) is 0 Å². The minimum absolute atomic E-state index is 0.268. The highest BCUT2D eigenvalue weighted by atomic mass is 32.1. The SMILES string of the molecule is CCCN(C)CC[C@H](OC)c1cccs1. The number of hydrogen-bond donors (Lipinski definition) is 0. The highest BCUT2D eigenvalue weighted by Crippen LogP contribution is 2.24. The zero-order valence-corrected chi connectivity index (χ0v) is 10.7. The van der Waals surface area contributed by atoms with E-state index in [0.717, 1.165) is 13.0 Å². The molecule has 0 aliphatic heterocycles. The van der Waals surface area contributed by atoms with Crippen LogP contribution in [0.5, 0.6) is 0 Å². The number of methoxy groups -OCH3 is 1. The van der Waals surface area contributed by atoms with Crippen LogP contribution in [-0.2, 0) is 4.74 Å². The van der Waals surface area contributed by atoms with Gasteiger partial charge in [0, 0.05) is 18.5 Å². The summed E-state index contributed by atoms with van der Waals surface area (Å²) in [6.07, 6.45) is 2.56. The van der Waals surface area contributed by atoms with Crippen molar-refractivity contribution >= 4 is 11.3 Å². The number of rotatable bonds is 7. The minimum atomic E-state index is 0.268. The van der Waals surface area contributed by atoms with Gasteiger partial charge in [0.1, 0.15) is 0 Å². The summed E-state index contributed by atoms with van der Waals surface area (Å²) in [5.74, 6) is 0. The van der Waals surface area contributed by atoms with Crippen LogP contribution in [0.1, 0.15) is 30.7 Å². The Hall–Kier alpha value is -0.380. The van der Waals surface area contributed by atoms with Crippen LogP contribution in [0.4, 0.5) is 0 Å². The van der Waals surface area contributed by atoms with Crippen LogP contribution in [-0.4, -0.2) is 32.1 Å². The minimum Gasteiger partial charge on any atom is -0.376 e. The molecule has 0 spiro atoms. The van der Waals surface area contributed by atoms with E-state index in [1.54, 1.807) is 18.4 Å². The predicted octanol–water partition coefficient (Wildman–Crippen LogP) is 3.17. The summed E-state index contributed by atoms with van der Waals surface area (Å²) in [5, 5.41) is 2.11. The van der Waals surface area contributed by atoms with Crippen molar-refractivity contribution in [2.24, 2.45) is 0 Å². The van der Waals surface area contributed by atoms with Crippen molar-refractivity contribution < 1.29 is 4.74 Å². The fraction of sp³-hybridized carbons (Fsp3) is 0.667. The molecule has 0 saturated carbocycles. The predicted molar refractivity (Wildman–Crippen MR) is 66.5 cm³/mol. The number of thiophene rings is 1. The molecule has 2 nitrogen and oxygen atoms in total. The first-order valence-corrected chi connectivity index (χ1v) is 6.40. The Bertz CT molecular complexity index is 248. The lowest BCUT2D eigenvalue weighted by atomic mass is 10.2. The lowest BCUT2D eigenvalue weighted by Gasteiger charge is -2.19. The van der Waals surface area contributed by atoms with Crippen molar-refractivity contribution in [1.82, 2.24) is 4.90 Å². The Morgan fingerprint density at radius 2 is 2.27 bits per heavy atom. The van der Waals surface area contributed by atoms with Gasteiger partial charge in [0.25, 0.3) is 0 Å². The van der Waals surface area contributed by atoms with E-state index >= 15 is 0 Å². The van der Waals surface area contributed by atoms with Crippen LogP contribution in [0.2, 0.25) is 0 Å². The summed E-state index contributed by atoms with van der Waals surface area (Å²) < 4.78 is 5.51. The van der Waals surface area contributed by atoms with Crippen LogP contribution < -0.4 is 0 Å². The average molecular weight is 227 g/mol. The lowest BCUT2D eigenvalue weighted by molar-refractivity contribution is 0.0889. The summed E-state index contributed by atoms with van der Waals surface area (Å²) >= 11 is 1.78. The molecule has 1 aromatic rings. The molecule has 1 atom stereocenters. The molecule has 0 unspecified atom stereocenters. The van der Waals surface area contributed by atoms with Crippen molar-refractivity contribution in [1.29, 1.82) is 0 Å². The quantitative estimate of drug-likeness (QED) is 0.709. The molecule has 3 heteroatoms. The number of nitrogens with zero attached hydrogens (tertiary/aromatic N) is 1. The topological polar surface area (TPSA) is 12.5 Å². The molecule has 0 fully saturated rings. The first-order chi connectivity index (χ1) is 7.27.